The molecule has 1 N–H and O–H groups in total. The second kappa shape index (κ2) is 6.61. The van der Waals surface area contributed by atoms with Gasteiger partial charge >= 0.3 is 12.0 Å². The number of piperidine rings is 1. The minimum Gasteiger partial charge on any atom is -0.481 e. The minimum absolute atomic E-state index is 0.0516. The maximum Gasteiger partial charge on any atom is 0.320 e. The van der Waals surface area contributed by atoms with E-state index >= 15 is 0 Å². The lowest BCUT2D eigenvalue weighted by Gasteiger charge is -2.36. The topological polar surface area (TPSA) is 60.9 Å². The zero-order valence-corrected chi connectivity index (χ0v) is 11.6. The molecule has 0 aromatic carbocycles. The SMILES string of the molecule is CCCN(C(=O)N1CCC(C(=O)O)CC1)C(C)C. The van der Waals surface area contributed by atoms with Gasteiger partial charge in [-0.05, 0) is 33.1 Å². The van der Waals surface area contributed by atoms with Crippen LogP contribution in [0, 0.1) is 5.92 Å². The van der Waals surface area contributed by atoms with Crippen LogP contribution in [-0.4, -0.2) is 52.6 Å². The fraction of sp³-hybridized carbons (Fsp3) is 0.846. The number of carboxylic acid groups (broad SMARTS) is 1. The van der Waals surface area contributed by atoms with Crippen molar-refractivity contribution in [1.29, 1.82) is 0 Å². The van der Waals surface area contributed by atoms with Crippen LogP contribution in [0.25, 0.3) is 0 Å². The normalized spacial score (nSPS) is 17.0. The lowest BCUT2D eigenvalue weighted by Crippen LogP contribution is -2.49. The Hall–Kier alpha value is -1.26. The zero-order valence-electron chi connectivity index (χ0n) is 11.6. The summed E-state index contributed by atoms with van der Waals surface area (Å²) in [5, 5.41) is 8.93. The third-order valence-corrected chi connectivity index (χ3v) is 3.45. The highest BCUT2D eigenvalue weighted by atomic mass is 16.4. The van der Waals surface area contributed by atoms with Crippen LogP contribution >= 0.6 is 0 Å². The maximum absolute atomic E-state index is 12.3. The molecular formula is C13H24N2O3. The number of hydrogen-bond donors (Lipinski definition) is 1. The van der Waals surface area contributed by atoms with Gasteiger partial charge in [0.1, 0.15) is 0 Å². The summed E-state index contributed by atoms with van der Waals surface area (Å²) in [5.74, 6) is -1.02. The molecule has 104 valence electrons. The molecule has 0 aromatic rings. The highest BCUT2D eigenvalue weighted by molar-refractivity contribution is 5.75. The summed E-state index contributed by atoms with van der Waals surface area (Å²) < 4.78 is 0. The van der Waals surface area contributed by atoms with Crippen LogP contribution < -0.4 is 0 Å². The summed E-state index contributed by atoms with van der Waals surface area (Å²) in [6.07, 6.45) is 2.08. The number of carboxylic acids is 1. The van der Waals surface area contributed by atoms with Gasteiger partial charge in [0.15, 0.2) is 0 Å². The van der Waals surface area contributed by atoms with Crippen molar-refractivity contribution in [2.24, 2.45) is 5.92 Å². The van der Waals surface area contributed by atoms with E-state index in [9.17, 15) is 9.59 Å². The molecule has 0 bridgehead atoms. The van der Waals surface area contributed by atoms with Gasteiger partial charge in [-0.15, -0.1) is 0 Å². The van der Waals surface area contributed by atoms with Crippen LogP contribution in [0.3, 0.4) is 0 Å². The van der Waals surface area contributed by atoms with Gasteiger partial charge in [-0.3, -0.25) is 4.79 Å². The molecular weight excluding hydrogens is 232 g/mol. The van der Waals surface area contributed by atoms with E-state index in [1.807, 2.05) is 18.7 Å². The minimum atomic E-state index is -0.739. The summed E-state index contributed by atoms with van der Waals surface area (Å²) in [4.78, 5) is 26.8. The number of nitrogens with zero attached hydrogens (tertiary/aromatic N) is 2. The lowest BCUT2D eigenvalue weighted by atomic mass is 9.97. The van der Waals surface area contributed by atoms with E-state index in [1.54, 1.807) is 4.90 Å². The first-order valence-corrected chi connectivity index (χ1v) is 6.75. The van der Waals surface area contributed by atoms with E-state index in [2.05, 4.69) is 6.92 Å². The molecule has 1 aliphatic rings. The first-order valence-electron chi connectivity index (χ1n) is 6.75. The quantitative estimate of drug-likeness (QED) is 0.837. The molecule has 0 aliphatic carbocycles. The summed E-state index contributed by atoms with van der Waals surface area (Å²) >= 11 is 0. The van der Waals surface area contributed by atoms with E-state index in [0.29, 0.717) is 25.9 Å². The van der Waals surface area contributed by atoms with E-state index in [0.717, 1.165) is 13.0 Å². The van der Waals surface area contributed by atoms with Crippen molar-refractivity contribution in [1.82, 2.24) is 9.80 Å². The molecule has 0 saturated carbocycles. The zero-order chi connectivity index (χ0) is 13.7. The van der Waals surface area contributed by atoms with Crippen molar-refractivity contribution in [3.63, 3.8) is 0 Å². The van der Waals surface area contributed by atoms with Gasteiger partial charge in [0, 0.05) is 25.7 Å². The van der Waals surface area contributed by atoms with Crippen LogP contribution in [-0.2, 0) is 4.79 Å². The van der Waals surface area contributed by atoms with Crippen molar-refractivity contribution in [2.45, 2.75) is 46.1 Å². The highest BCUT2D eigenvalue weighted by Crippen LogP contribution is 2.19. The Labute approximate surface area is 109 Å². The molecule has 18 heavy (non-hydrogen) atoms. The second-order valence-corrected chi connectivity index (χ2v) is 5.17. The van der Waals surface area contributed by atoms with Gasteiger partial charge in [-0.2, -0.15) is 0 Å². The molecule has 1 rings (SSSR count). The Balaban J connectivity index is 2.55. The Bertz CT molecular complexity index is 297. The van der Waals surface area contributed by atoms with Crippen LogP contribution in [0.4, 0.5) is 4.79 Å². The second-order valence-electron chi connectivity index (χ2n) is 5.17. The van der Waals surface area contributed by atoms with Crippen LogP contribution in [0.15, 0.2) is 0 Å². The third-order valence-electron chi connectivity index (χ3n) is 3.45. The molecule has 1 saturated heterocycles. The Morgan fingerprint density at radius 1 is 1.33 bits per heavy atom. The smallest absolute Gasteiger partial charge is 0.320 e. The van der Waals surface area contributed by atoms with Crippen molar-refractivity contribution in [3.05, 3.63) is 0 Å². The number of likely N-dealkylation sites (tertiary alicyclic amines) is 1. The van der Waals surface area contributed by atoms with Gasteiger partial charge in [0.2, 0.25) is 0 Å². The van der Waals surface area contributed by atoms with Gasteiger partial charge in [0.25, 0.3) is 0 Å². The Morgan fingerprint density at radius 2 is 1.89 bits per heavy atom. The largest absolute Gasteiger partial charge is 0.481 e. The van der Waals surface area contributed by atoms with Crippen molar-refractivity contribution in [2.75, 3.05) is 19.6 Å². The van der Waals surface area contributed by atoms with Crippen molar-refractivity contribution >= 4 is 12.0 Å². The van der Waals surface area contributed by atoms with Crippen LogP contribution in [0.1, 0.15) is 40.0 Å². The average molecular weight is 256 g/mol. The predicted molar refractivity (Wildman–Crippen MR) is 69.5 cm³/mol. The molecule has 0 unspecified atom stereocenters. The van der Waals surface area contributed by atoms with Crippen molar-refractivity contribution in [3.8, 4) is 0 Å². The molecule has 1 heterocycles. The Kier molecular flexibility index (Phi) is 5.44. The lowest BCUT2D eigenvalue weighted by molar-refractivity contribution is -0.143. The van der Waals surface area contributed by atoms with Gasteiger partial charge in [-0.25, -0.2) is 4.79 Å². The first kappa shape index (κ1) is 14.8. The van der Waals surface area contributed by atoms with Gasteiger partial charge < -0.3 is 14.9 Å². The number of aliphatic carboxylic acids is 1. The van der Waals surface area contributed by atoms with E-state index < -0.39 is 5.97 Å². The van der Waals surface area contributed by atoms with Gasteiger partial charge in [0.05, 0.1) is 5.92 Å². The summed E-state index contributed by atoms with van der Waals surface area (Å²) in [6, 6.07) is 0.241. The number of carbonyl (C=O) groups excluding carboxylic acids is 1. The molecule has 0 aromatic heterocycles. The predicted octanol–water partition coefficient (Wildman–Crippen LogP) is 2.02. The highest BCUT2D eigenvalue weighted by Gasteiger charge is 2.29. The molecule has 1 fully saturated rings. The molecule has 1 aliphatic heterocycles. The summed E-state index contributed by atoms with van der Waals surface area (Å²) in [5.41, 5.74) is 0. The standard InChI is InChI=1S/C13H24N2O3/c1-4-7-15(10(2)3)13(18)14-8-5-11(6-9-14)12(16)17/h10-11H,4-9H2,1-3H3,(H,16,17). The van der Waals surface area contributed by atoms with E-state index in [-0.39, 0.29) is 18.0 Å². The van der Waals surface area contributed by atoms with E-state index in [4.69, 9.17) is 5.11 Å². The number of urea groups is 1. The average Bonchev–Trinajstić information content (AvgIpc) is 2.35. The van der Waals surface area contributed by atoms with Crippen LogP contribution in [0.2, 0.25) is 0 Å². The number of carbonyl (C=O) groups is 2. The number of rotatable bonds is 4. The fourth-order valence-corrected chi connectivity index (χ4v) is 2.32. The summed E-state index contributed by atoms with van der Waals surface area (Å²) in [7, 11) is 0. The summed E-state index contributed by atoms with van der Waals surface area (Å²) in [6.45, 7) is 7.95. The fourth-order valence-electron chi connectivity index (χ4n) is 2.32. The Morgan fingerprint density at radius 3 is 2.28 bits per heavy atom. The van der Waals surface area contributed by atoms with Crippen molar-refractivity contribution < 1.29 is 14.7 Å². The number of hydrogen-bond acceptors (Lipinski definition) is 2. The maximum atomic E-state index is 12.3. The monoisotopic (exact) mass is 256 g/mol. The molecule has 0 spiro atoms. The molecule has 5 nitrogen and oxygen atoms in total. The molecule has 0 radical (unpaired) electrons. The number of amides is 2. The van der Waals surface area contributed by atoms with E-state index in [1.165, 1.54) is 0 Å². The van der Waals surface area contributed by atoms with Gasteiger partial charge in [-0.1, -0.05) is 6.92 Å². The first-order chi connectivity index (χ1) is 8.47. The molecule has 0 atom stereocenters. The van der Waals surface area contributed by atoms with Crippen LogP contribution in [0.5, 0.6) is 0 Å². The molecule has 2 amide bonds. The third kappa shape index (κ3) is 3.62. The molecule has 5 heteroatoms.